The number of rotatable bonds is 11. The maximum Gasteiger partial charge on any atom is 0.137 e. The van der Waals surface area contributed by atoms with Gasteiger partial charge in [-0.1, -0.05) is 26.2 Å². The summed E-state index contributed by atoms with van der Waals surface area (Å²) in [6.07, 6.45) is 6.70. The first-order chi connectivity index (χ1) is 9.36. The van der Waals surface area contributed by atoms with E-state index in [4.69, 9.17) is 9.47 Å². The molecule has 1 N–H and O–H groups in total. The normalized spacial score (nSPS) is 10.6. The zero-order valence-electron chi connectivity index (χ0n) is 12.2. The summed E-state index contributed by atoms with van der Waals surface area (Å²) in [7, 11) is 1.70. The summed E-state index contributed by atoms with van der Waals surface area (Å²) in [4.78, 5) is 4.36. The van der Waals surface area contributed by atoms with E-state index < -0.39 is 0 Å². The van der Waals surface area contributed by atoms with Gasteiger partial charge in [0.1, 0.15) is 5.75 Å². The topological polar surface area (TPSA) is 43.4 Å². The first-order valence-electron chi connectivity index (χ1n) is 7.14. The fourth-order valence-electron chi connectivity index (χ4n) is 1.71. The van der Waals surface area contributed by atoms with Gasteiger partial charge in [0.05, 0.1) is 25.1 Å². The lowest BCUT2D eigenvalue weighted by Crippen LogP contribution is -2.19. The Labute approximate surface area is 116 Å². The van der Waals surface area contributed by atoms with Gasteiger partial charge in [0, 0.05) is 20.2 Å². The van der Waals surface area contributed by atoms with Crippen molar-refractivity contribution in [3.63, 3.8) is 0 Å². The predicted octanol–water partition coefficient (Wildman–Crippen LogP) is 2.78. The molecule has 4 nitrogen and oxygen atoms in total. The minimum absolute atomic E-state index is 0.721. The highest BCUT2D eigenvalue weighted by Gasteiger charge is 1.97. The highest BCUT2D eigenvalue weighted by molar-refractivity contribution is 5.19. The van der Waals surface area contributed by atoms with Gasteiger partial charge in [0.15, 0.2) is 0 Å². The average Bonchev–Trinajstić information content (AvgIpc) is 2.45. The Morgan fingerprint density at radius 3 is 2.74 bits per heavy atom. The second-order valence-corrected chi connectivity index (χ2v) is 4.56. The molecule has 0 saturated carbocycles. The van der Waals surface area contributed by atoms with Crippen LogP contribution in [0.25, 0.3) is 0 Å². The molecule has 108 valence electrons. The Kier molecular flexibility index (Phi) is 9.02. The van der Waals surface area contributed by atoms with Crippen LogP contribution < -0.4 is 10.1 Å². The summed E-state index contributed by atoms with van der Waals surface area (Å²) in [5.74, 6) is 0.858. The lowest BCUT2D eigenvalue weighted by Gasteiger charge is -2.07. The van der Waals surface area contributed by atoms with Crippen LogP contribution in [0, 0.1) is 0 Å². The van der Waals surface area contributed by atoms with E-state index in [0.29, 0.717) is 0 Å². The summed E-state index contributed by atoms with van der Waals surface area (Å²) < 4.78 is 10.6. The van der Waals surface area contributed by atoms with Crippen molar-refractivity contribution in [1.82, 2.24) is 10.3 Å². The molecule has 1 aromatic heterocycles. The number of aromatic nitrogens is 1. The molecule has 0 aliphatic rings. The van der Waals surface area contributed by atoms with E-state index in [2.05, 4.69) is 17.2 Å². The molecule has 4 heteroatoms. The van der Waals surface area contributed by atoms with E-state index in [1.807, 2.05) is 12.1 Å². The van der Waals surface area contributed by atoms with Crippen LogP contribution in [0.1, 0.15) is 38.3 Å². The third kappa shape index (κ3) is 7.80. The number of pyridine rings is 1. The van der Waals surface area contributed by atoms with Crippen molar-refractivity contribution in [3.8, 4) is 5.75 Å². The van der Waals surface area contributed by atoms with E-state index in [-0.39, 0.29) is 0 Å². The van der Waals surface area contributed by atoms with Gasteiger partial charge in [-0.3, -0.25) is 4.98 Å². The molecular weight excluding hydrogens is 240 g/mol. The minimum Gasteiger partial charge on any atom is -0.492 e. The number of hydrogen-bond acceptors (Lipinski definition) is 4. The predicted molar refractivity (Wildman–Crippen MR) is 77.5 cm³/mol. The molecule has 1 heterocycles. The monoisotopic (exact) mass is 266 g/mol. The smallest absolute Gasteiger partial charge is 0.137 e. The van der Waals surface area contributed by atoms with Gasteiger partial charge in [-0.2, -0.15) is 0 Å². The Morgan fingerprint density at radius 1 is 1.16 bits per heavy atom. The Balaban J connectivity index is 2.16. The summed E-state index contributed by atoms with van der Waals surface area (Å²) in [5.41, 5.74) is 1.02. The zero-order chi connectivity index (χ0) is 13.8. The van der Waals surface area contributed by atoms with Gasteiger partial charge in [-0.15, -0.1) is 0 Å². The molecule has 0 saturated heterocycles. The zero-order valence-corrected chi connectivity index (χ0v) is 12.2. The first-order valence-corrected chi connectivity index (χ1v) is 7.14. The molecule has 19 heavy (non-hydrogen) atoms. The third-order valence-corrected chi connectivity index (χ3v) is 2.85. The first kappa shape index (κ1) is 15.9. The number of methoxy groups -OCH3 is 1. The van der Waals surface area contributed by atoms with Crippen molar-refractivity contribution in [2.75, 3.05) is 26.9 Å². The van der Waals surface area contributed by atoms with Crippen molar-refractivity contribution in [2.45, 2.75) is 39.2 Å². The van der Waals surface area contributed by atoms with E-state index in [9.17, 15) is 0 Å². The van der Waals surface area contributed by atoms with Gasteiger partial charge in [0.2, 0.25) is 0 Å². The van der Waals surface area contributed by atoms with Crippen LogP contribution in [0.4, 0.5) is 0 Å². The van der Waals surface area contributed by atoms with E-state index >= 15 is 0 Å². The van der Waals surface area contributed by atoms with Crippen molar-refractivity contribution in [2.24, 2.45) is 0 Å². The third-order valence-electron chi connectivity index (χ3n) is 2.85. The maximum atomic E-state index is 5.65. The molecular formula is C15H26N2O2. The van der Waals surface area contributed by atoms with E-state index in [1.165, 1.54) is 19.3 Å². The van der Waals surface area contributed by atoms with Gasteiger partial charge in [0.25, 0.3) is 0 Å². The standard InChI is InChI=1S/C15H26N2O2/c1-3-4-5-6-10-19-15-8-7-14(17-13-15)12-16-9-11-18-2/h7-8,13,16H,3-6,9-12H2,1-2H3. The molecule has 0 unspecified atom stereocenters. The second-order valence-electron chi connectivity index (χ2n) is 4.56. The minimum atomic E-state index is 0.721. The van der Waals surface area contributed by atoms with Crippen LogP contribution in [-0.4, -0.2) is 31.9 Å². The summed E-state index contributed by atoms with van der Waals surface area (Å²) in [5, 5.41) is 3.26. The fourth-order valence-corrected chi connectivity index (χ4v) is 1.71. The largest absolute Gasteiger partial charge is 0.492 e. The Morgan fingerprint density at radius 2 is 2.05 bits per heavy atom. The molecule has 0 aromatic carbocycles. The summed E-state index contributed by atoms with van der Waals surface area (Å²) in [6.45, 7) is 5.32. The van der Waals surface area contributed by atoms with Gasteiger partial charge in [-0.05, 0) is 18.6 Å². The van der Waals surface area contributed by atoms with Crippen molar-refractivity contribution in [3.05, 3.63) is 24.0 Å². The molecule has 0 atom stereocenters. The fraction of sp³-hybridized carbons (Fsp3) is 0.667. The highest BCUT2D eigenvalue weighted by Crippen LogP contribution is 2.10. The molecule has 0 radical (unpaired) electrons. The molecule has 0 fully saturated rings. The SMILES string of the molecule is CCCCCCOc1ccc(CNCCOC)nc1. The van der Waals surface area contributed by atoms with E-state index in [1.54, 1.807) is 13.3 Å². The van der Waals surface area contributed by atoms with Gasteiger partial charge >= 0.3 is 0 Å². The molecule has 1 aromatic rings. The molecule has 0 amide bonds. The highest BCUT2D eigenvalue weighted by atomic mass is 16.5. The lowest BCUT2D eigenvalue weighted by atomic mass is 10.2. The van der Waals surface area contributed by atoms with Crippen LogP contribution in [0.5, 0.6) is 5.75 Å². The van der Waals surface area contributed by atoms with Crippen LogP contribution in [-0.2, 0) is 11.3 Å². The lowest BCUT2D eigenvalue weighted by molar-refractivity contribution is 0.199. The van der Waals surface area contributed by atoms with Crippen LogP contribution in [0.15, 0.2) is 18.3 Å². The van der Waals surface area contributed by atoms with Gasteiger partial charge < -0.3 is 14.8 Å². The second kappa shape index (κ2) is 10.8. The molecule has 0 aliphatic carbocycles. The number of nitrogens with one attached hydrogen (secondary N) is 1. The molecule has 1 rings (SSSR count). The molecule has 0 aliphatic heterocycles. The average molecular weight is 266 g/mol. The van der Waals surface area contributed by atoms with Crippen molar-refractivity contribution < 1.29 is 9.47 Å². The maximum absolute atomic E-state index is 5.65. The summed E-state index contributed by atoms with van der Waals surface area (Å²) in [6, 6.07) is 3.99. The van der Waals surface area contributed by atoms with Crippen LogP contribution in [0.3, 0.4) is 0 Å². The quantitative estimate of drug-likeness (QED) is 0.625. The van der Waals surface area contributed by atoms with Crippen molar-refractivity contribution in [1.29, 1.82) is 0 Å². The van der Waals surface area contributed by atoms with Crippen LogP contribution >= 0.6 is 0 Å². The Bertz CT molecular complexity index is 314. The number of hydrogen-bond donors (Lipinski definition) is 1. The number of nitrogens with zero attached hydrogens (tertiary/aromatic N) is 1. The van der Waals surface area contributed by atoms with Crippen LogP contribution in [0.2, 0.25) is 0 Å². The van der Waals surface area contributed by atoms with Gasteiger partial charge in [-0.25, -0.2) is 0 Å². The molecule has 0 bridgehead atoms. The van der Waals surface area contributed by atoms with E-state index in [0.717, 1.165) is 44.2 Å². The number of ether oxygens (including phenoxy) is 2. The summed E-state index contributed by atoms with van der Waals surface area (Å²) >= 11 is 0. The number of unbranched alkanes of at least 4 members (excludes halogenated alkanes) is 3. The van der Waals surface area contributed by atoms with Crippen molar-refractivity contribution >= 4 is 0 Å². The Hall–Kier alpha value is -1.13. The molecule has 0 spiro atoms.